The van der Waals surface area contributed by atoms with Crippen LogP contribution in [0.2, 0.25) is 0 Å². The monoisotopic (exact) mass is 672 g/mol. The van der Waals surface area contributed by atoms with Crippen LogP contribution in [0.5, 0.6) is 0 Å². The Morgan fingerprint density at radius 1 is 0.980 bits per heavy atom. The number of anilines is 2. The van der Waals surface area contributed by atoms with Gasteiger partial charge in [-0.15, -0.1) is 0 Å². The lowest BCUT2D eigenvalue weighted by molar-refractivity contribution is -0.232. The fraction of sp³-hybridized carbons (Fsp3) is 0.289. The molecule has 1 saturated heterocycles. The Morgan fingerprint density at radius 2 is 1.70 bits per heavy atom. The van der Waals surface area contributed by atoms with Crippen LogP contribution in [-0.2, 0) is 26.3 Å². The Hall–Kier alpha value is -5.59. The van der Waals surface area contributed by atoms with Gasteiger partial charge in [0.2, 0.25) is 0 Å². The molecule has 4 atom stereocenters. The highest BCUT2D eigenvalue weighted by Crippen LogP contribution is 2.54. The highest BCUT2D eigenvalue weighted by molar-refractivity contribution is 6.31. The van der Waals surface area contributed by atoms with E-state index < -0.39 is 36.2 Å². The van der Waals surface area contributed by atoms with Gasteiger partial charge < -0.3 is 34.0 Å². The number of aromatic nitrogens is 2. The maximum atomic E-state index is 14.1. The van der Waals surface area contributed by atoms with Crippen molar-refractivity contribution in [2.45, 2.75) is 50.9 Å². The van der Waals surface area contributed by atoms with Crippen molar-refractivity contribution in [1.82, 2.24) is 19.4 Å². The normalized spacial score (nSPS) is 22.2. The van der Waals surface area contributed by atoms with E-state index >= 15 is 0 Å². The van der Waals surface area contributed by atoms with Crippen molar-refractivity contribution in [3.8, 4) is 0 Å². The maximum Gasteiger partial charge on any atom is 0.411 e. The lowest BCUT2D eigenvalue weighted by Gasteiger charge is -2.50. The number of methoxy groups -OCH3 is 2. The number of aryl methyl sites for hydroxylation is 1. The van der Waals surface area contributed by atoms with E-state index in [0.29, 0.717) is 29.9 Å². The predicted octanol–water partition coefficient (Wildman–Crippen LogP) is 6.79. The third kappa shape index (κ3) is 3.97. The standard InChI is InChI=1S/C38H36N6O6/c1-19-14-15-20(40-37(47)49-5)16-24(19)41-36(46)42(3)35-33(48-4)38(2)17-27(50-35)43-25-12-8-6-10-21(25)29-30-23(18-39-34(30)45)28-22-11-7-9-13-26(22)44(38)32(28)31(29)43/h6-16,27,33,35H,17-18H2,1-5H3,(H,39,45)(H,40,47)(H,41,46)/t27-,33+,35+,38-/m0/s1. The fourth-order valence-corrected chi connectivity index (χ4v) is 8.72. The summed E-state index contributed by atoms with van der Waals surface area (Å²) in [6.07, 6.45) is -1.99. The second kappa shape index (κ2) is 10.7. The average Bonchev–Trinajstić information content (AvgIpc) is 3.76. The van der Waals surface area contributed by atoms with Crippen molar-refractivity contribution in [1.29, 1.82) is 0 Å². The number of carbonyl (C=O) groups is 3. The average molecular weight is 673 g/mol. The number of rotatable bonds is 4. The van der Waals surface area contributed by atoms with Crippen molar-refractivity contribution in [3.63, 3.8) is 0 Å². The molecule has 2 bridgehead atoms. The number of fused-ring (bicyclic) bond motifs is 13. The van der Waals surface area contributed by atoms with E-state index in [2.05, 4.69) is 56.3 Å². The quantitative estimate of drug-likeness (QED) is 0.189. The van der Waals surface area contributed by atoms with E-state index in [9.17, 15) is 14.4 Å². The lowest BCUT2D eigenvalue weighted by atomic mass is 9.85. The van der Waals surface area contributed by atoms with Gasteiger partial charge in [0, 0.05) is 65.6 Å². The van der Waals surface area contributed by atoms with Crippen molar-refractivity contribution >= 4 is 73.0 Å². The van der Waals surface area contributed by atoms with Crippen LogP contribution < -0.4 is 16.0 Å². The van der Waals surface area contributed by atoms with Gasteiger partial charge in [0.05, 0.1) is 34.8 Å². The molecule has 0 radical (unpaired) electrons. The summed E-state index contributed by atoms with van der Waals surface area (Å²) in [5.41, 5.74) is 6.78. The Labute approximate surface area is 286 Å². The Kier molecular flexibility index (Phi) is 6.52. The van der Waals surface area contributed by atoms with Gasteiger partial charge in [-0.2, -0.15) is 0 Å². The highest BCUT2D eigenvalue weighted by atomic mass is 16.6. The van der Waals surface area contributed by atoms with E-state index in [0.717, 1.165) is 54.7 Å². The zero-order valence-corrected chi connectivity index (χ0v) is 28.3. The van der Waals surface area contributed by atoms with E-state index in [1.807, 2.05) is 37.3 Å². The van der Waals surface area contributed by atoms with Gasteiger partial charge in [0.1, 0.15) is 12.3 Å². The smallest absolute Gasteiger partial charge is 0.411 e. The Morgan fingerprint density at radius 3 is 2.44 bits per heavy atom. The summed E-state index contributed by atoms with van der Waals surface area (Å²) < 4.78 is 22.8. The van der Waals surface area contributed by atoms with Gasteiger partial charge in [0.25, 0.3) is 5.91 Å². The van der Waals surface area contributed by atoms with E-state index in [4.69, 9.17) is 14.2 Å². The molecule has 2 aromatic heterocycles. The molecule has 3 aliphatic heterocycles. The summed E-state index contributed by atoms with van der Waals surface area (Å²) in [5.74, 6) is -0.0776. The largest absolute Gasteiger partial charge is 0.453 e. The van der Waals surface area contributed by atoms with Crippen LogP contribution >= 0.6 is 0 Å². The fourth-order valence-electron chi connectivity index (χ4n) is 8.72. The molecule has 254 valence electrons. The maximum absolute atomic E-state index is 14.1. The molecule has 0 saturated carbocycles. The minimum atomic E-state index is -0.822. The van der Waals surface area contributed by atoms with Gasteiger partial charge in [-0.1, -0.05) is 42.5 Å². The first kappa shape index (κ1) is 30.5. The number of nitrogens with zero attached hydrogens (tertiary/aromatic N) is 3. The molecule has 0 aliphatic carbocycles. The third-order valence-corrected chi connectivity index (χ3v) is 10.9. The summed E-state index contributed by atoms with van der Waals surface area (Å²) >= 11 is 0. The lowest BCUT2D eigenvalue weighted by Crippen LogP contribution is -2.61. The zero-order valence-electron chi connectivity index (χ0n) is 28.3. The van der Waals surface area contributed by atoms with Crippen LogP contribution in [0.3, 0.4) is 0 Å². The summed E-state index contributed by atoms with van der Waals surface area (Å²) in [7, 11) is 4.66. The van der Waals surface area contributed by atoms with Crippen LogP contribution in [-0.4, -0.2) is 65.7 Å². The summed E-state index contributed by atoms with van der Waals surface area (Å²) in [5, 5.41) is 12.8. The Bertz CT molecular complexity index is 2470. The molecule has 50 heavy (non-hydrogen) atoms. The third-order valence-electron chi connectivity index (χ3n) is 10.9. The number of amides is 4. The first-order valence-corrected chi connectivity index (χ1v) is 16.6. The molecule has 1 fully saturated rings. The SMILES string of the molecule is COC(=O)Nc1ccc(C)c(NC(=O)N(C)[C@@H]2O[C@H]3C[C@@](C)([C@@H]2OC)n2c4ccccc4c4c5c(c6c7ccccc7n3c6c42)C(=O)NC5)c1. The van der Waals surface area contributed by atoms with Gasteiger partial charge in [-0.3, -0.25) is 15.0 Å². The zero-order chi connectivity index (χ0) is 34.6. The van der Waals surface area contributed by atoms with Gasteiger partial charge in [-0.25, -0.2) is 9.59 Å². The number of hydrogen-bond acceptors (Lipinski definition) is 6. The number of nitrogens with one attached hydrogen (secondary N) is 3. The molecule has 4 aromatic carbocycles. The highest BCUT2D eigenvalue weighted by Gasteiger charge is 2.54. The van der Waals surface area contributed by atoms with Crippen LogP contribution in [0.25, 0.3) is 43.6 Å². The number of para-hydroxylation sites is 2. The van der Waals surface area contributed by atoms with Crippen LogP contribution in [0.1, 0.15) is 41.1 Å². The van der Waals surface area contributed by atoms with Crippen molar-refractivity contribution < 1.29 is 28.6 Å². The van der Waals surface area contributed by atoms with E-state index in [1.54, 1.807) is 31.2 Å². The van der Waals surface area contributed by atoms with Gasteiger partial charge in [-0.05, 0) is 49.2 Å². The summed E-state index contributed by atoms with van der Waals surface area (Å²) in [4.78, 5) is 41.2. The second-order valence-corrected chi connectivity index (χ2v) is 13.6. The number of ether oxygens (including phenoxy) is 3. The number of hydrogen-bond donors (Lipinski definition) is 3. The molecule has 12 heteroatoms. The van der Waals surface area contributed by atoms with Crippen LogP contribution in [0, 0.1) is 6.92 Å². The second-order valence-electron chi connectivity index (χ2n) is 13.6. The molecule has 0 unspecified atom stereocenters. The summed E-state index contributed by atoms with van der Waals surface area (Å²) in [6.45, 7) is 4.51. The molecule has 3 N–H and O–H groups in total. The first-order chi connectivity index (χ1) is 24.2. The van der Waals surface area contributed by atoms with Crippen LogP contribution in [0.4, 0.5) is 21.0 Å². The molecular weight excluding hydrogens is 636 g/mol. The van der Waals surface area contributed by atoms with E-state index in [-0.39, 0.29) is 5.91 Å². The first-order valence-electron chi connectivity index (χ1n) is 16.6. The number of urea groups is 1. The van der Waals surface area contributed by atoms with Crippen LogP contribution in [0.15, 0.2) is 66.7 Å². The summed E-state index contributed by atoms with van der Waals surface area (Å²) in [6, 6.07) is 21.3. The van der Waals surface area contributed by atoms with Gasteiger partial charge >= 0.3 is 12.1 Å². The number of likely N-dealkylation sites (N-methyl/N-ethyl adjacent to an activating group) is 1. The molecule has 9 rings (SSSR count). The molecule has 4 amide bonds. The van der Waals surface area contributed by atoms with E-state index in [1.165, 1.54) is 7.11 Å². The van der Waals surface area contributed by atoms with Crippen molar-refractivity contribution in [2.75, 3.05) is 31.9 Å². The molecular formula is C38H36N6O6. The van der Waals surface area contributed by atoms with Crippen molar-refractivity contribution in [2.24, 2.45) is 0 Å². The topological polar surface area (TPSA) is 128 Å². The molecule has 0 spiro atoms. The predicted molar refractivity (Wildman–Crippen MR) is 191 cm³/mol. The molecule has 12 nitrogen and oxygen atoms in total. The Balaban J connectivity index is 1.25. The minimum Gasteiger partial charge on any atom is -0.453 e. The minimum absolute atomic E-state index is 0.0776. The number of benzene rings is 4. The van der Waals surface area contributed by atoms with Gasteiger partial charge in [0.15, 0.2) is 6.23 Å². The number of carbonyl (C=O) groups excluding carboxylic acids is 3. The molecule has 3 aliphatic rings. The van der Waals surface area contributed by atoms with Crippen molar-refractivity contribution in [3.05, 3.63) is 83.4 Å². The molecule has 5 heterocycles. The molecule has 6 aromatic rings.